The van der Waals surface area contributed by atoms with Crippen LogP contribution in [-0.2, 0) is 11.3 Å². The maximum absolute atomic E-state index is 12.8. The zero-order chi connectivity index (χ0) is 26.0. The van der Waals surface area contributed by atoms with Crippen molar-refractivity contribution in [1.29, 1.82) is 0 Å². The van der Waals surface area contributed by atoms with Crippen molar-refractivity contribution < 1.29 is 4.79 Å². The zero-order valence-corrected chi connectivity index (χ0v) is 26.1. The van der Waals surface area contributed by atoms with Crippen LogP contribution in [0.1, 0.15) is 65.9 Å². The molecule has 1 aromatic rings. The Balaban J connectivity index is 1.86. The van der Waals surface area contributed by atoms with Crippen molar-refractivity contribution >= 4 is 68.6 Å². The van der Waals surface area contributed by atoms with Gasteiger partial charge in [-0.25, -0.2) is 0 Å². The van der Waals surface area contributed by atoms with Gasteiger partial charge in [0, 0.05) is 29.9 Å². The molecule has 0 unspecified atom stereocenters. The summed E-state index contributed by atoms with van der Waals surface area (Å²) >= 11 is 19.4. The molecule has 1 fully saturated rings. The summed E-state index contributed by atoms with van der Waals surface area (Å²) in [7, 11) is 0. The Kier molecular flexibility index (Phi) is 13.9. The van der Waals surface area contributed by atoms with E-state index < -0.39 is 0 Å². The molecule has 0 radical (unpaired) electrons. The molecule has 194 valence electrons. The van der Waals surface area contributed by atoms with Gasteiger partial charge in [0.25, 0.3) is 0 Å². The van der Waals surface area contributed by atoms with Gasteiger partial charge < -0.3 is 5.32 Å². The van der Waals surface area contributed by atoms with Crippen LogP contribution in [0, 0.1) is 0 Å². The van der Waals surface area contributed by atoms with Crippen LogP contribution in [-0.4, -0.2) is 35.7 Å². The van der Waals surface area contributed by atoms with Crippen molar-refractivity contribution in [2.24, 2.45) is 0 Å². The van der Waals surface area contributed by atoms with E-state index in [9.17, 15) is 4.79 Å². The predicted octanol–water partition coefficient (Wildman–Crippen LogP) is 9.16. The van der Waals surface area contributed by atoms with Crippen molar-refractivity contribution in [2.75, 3.05) is 18.8 Å². The van der Waals surface area contributed by atoms with Crippen molar-refractivity contribution in [1.82, 2.24) is 10.2 Å². The Morgan fingerprint density at radius 1 is 1.17 bits per heavy atom. The lowest BCUT2D eigenvalue weighted by Gasteiger charge is -2.32. The second-order valence-corrected chi connectivity index (χ2v) is 13.2. The summed E-state index contributed by atoms with van der Waals surface area (Å²) in [5.41, 5.74) is 5.08. The molecule has 1 aliphatic heterocycles. The number of thioether (sulfide) groups is 2. The Morgan fingerprint density at radius 3 is 2.43 bits per heavy atom. The first kappa shape index (κ1) is 30.9. The number of hydrogen-bond acceptors (Lipinski definition) is 4. The fourth-order valence-electron chi connectivity index (χ4n) is 3.81. The third-order valence-electron chi connectivity index (χ3n) is 6.24. The monoisotopic (exact) mass is 618 g/mol. The summed E-state index contributed by atoms with van der Waals surface area (Å²) in [6.45, 7) is 13.5. The van der Waals surface area contributed by atoms with E-state index in [0.717, 1.165) is 54.7 Å². The largest absolute Gasteiger partial charge is 0.353 e. The molecule has 0 saturated carbocycles. The standard InChI is InChI=1S/C27H37BrCl2N2OS2/c1-6-18(4)22(8-3)26(28)35-27(19(5)7-2)34-17-25(33)31-21-11-13-32(14-12-21)16-20-9-10-23(29)24(30)15-20/h6,9-10,15,21H,7-8,11-14,16-17H2,1-5H3,(H,31,33)/b18-6+,26-22+,27-19+. The van der Waals surface area contributed by atoms with E-state index >= 15 is 0 Å². The quantitative estimate of drug-likeness (QED) is 0.250. The molecular formula is C27H37BrCl2N2OS2. The fourth-order valence-corrected chi connectivity index (χ4v) is 7.84. The number of halogens is 3. The maximum atomic E-state index is 12.8. The number of amides is 1. The average Bonchev–Trinajstić information content (AvgIpc) is 2.85. The maximum Gasteiger partial charge on any atom is 0.230 e. The molecule has 3 nitrogen and oxygen atoms in total. The topological polar surface area (TPSA) is 32.3 Å². The summed E-state index contributed by atoms with van der Waals surface area (Å²) in [6, 6.07) is 6.05. The molecule has 0 atom stereocenters. The lowest BCUT2D eigenvalue weighted by atomic mass is 10.0. The second-order valence-electron chi connectivity index (χ2n) is 8.76. The number of allylic oxidation sites excluding steroid dienone is 4. The highest BCUT2D eigenvalue weighted by molar-refractivity contribution is 9.14. The van der Waals surface area contributed by atoms with Gasteiger partial charge in [-0.1, -0.05) is 72.1 Å². The molecule has 0 aliphatic carbocycles. The first-order chi connectivity index (χ1) is 16.7. The van der Waals surface area contributed by atoms with Crippen LogP contribution in [0.2, 0.25) is 10.0 Å². The Bertz CT molecular complexity index is 970. The van der Waals surface area contributed by atoms with Gasteiger partial charge in [0.15, 0.2) is 0 Å². The number of hydrogen-bond donors (Lipinski definition) is 1. The smallest absolute Gasteiger partial charge is 0.230 e. The highest BCUT2D eigenvalue weighted by Gasteiger charge is 2.21. The number of carbonyl (C=O) groups excluding carboxylic acids is 1. The van der Waals surface area contributed by atoms with Gasteiger partial charge in [-0.2, -0.15) is 0 Å². The highest BCUT2D eigenvalue weighted by Crippen LogP contribution is 2.43. The molecule has 2 rings (SSSR count). The van der Waals surface area contributed by atoms with Gasteiger partial charge in [0.2, 0.25) is 5.91 Å². The SMILES string of the molecule is C/C=C(C)/C(CC)=C(\Br)S/C(SCC(=O)NC1CCN(Cc2ccc(Cl)c(Cl)c2)CC1)=C(\C)CC. The first-order valence-corrected chi connectivity index (χ1v) is 15.5. The number of benzene rings is 1. The molecule has 35 heavy (non-hydrogen) atoms. The molecule has 1 aromatic carbocycles. The first-order valence-electron chi connectivity index (χ1n) is 12.2. The van der Waals surface area contributed by atoms with Crippen molar-refractivity contribution in [3.8, 4) is 0 Å². The number of likely N-dealkylation sites (tertiary alicyclic amines) is 1. The molecular weight excluding hydrogens is 583 g/mol. The molecule has 0 aromatic heterocycles. The molecule has 1 aliphatic rings. The molecule has 1 saturated heterocycles. The number of nitrogens with one attached hydrogen (secondary N) is 1. The fraction of sp³-hybridized carbons (Fsp3) is 0.519. The molecule has 1 N–H and O–H groups in total. The van der Waals surface area contributed by atoms with Crippen LogP contribution in [0.4, 0.5) is 0 Å². The van der Waals surface area contributed by atoms with Crippen LogP contribution in [0.15, 0.2) is 49.0 Å². The van der Waals surface area contributed by atoms with Gasteiger partial charge in [0.1, 0.15) is 0 Å². The van der Waals surface area contributed by atoms with Crippen LogP contribution in [0.25, 0.3) is 0 Å². The van der Waals surface area contributed by atoms with E-state index in [1.54, 1.807) is 23.5 Å². The lowest BCUT2D eigenvalue weighted by Crippen LogP contribution is -2.44. The van der Waals surface area contributed by atoms with Gasteiger partial charge in [0.05, 0.1) is 19.6 Å². The van der Waals surface area contributed by atoms with E-state index in [1.807, 2.05) is 18.2 Å². The number of rotatable bonds is 11. The summed E-state index contributed by atoms with van der Waals surface area (Å²) in [5, 5.41) is 4.44. The predicted molar refractivity (Wildman–Crippen MR) is 162 cm³/mol. The van der Waals surface area contributed by atoms with Gasteiger partial charge >= 0.3 is 0 Å². The van der Waals surface area contributed by atoms with Gasteiger partial charge in [-0.15, -0.1) is 11.8 Å². The van der Waals surface area contributed by atoms with Gasteiger partial charge in [-0.05, 0) is 85.7 Å². The van der Waals surface area contributed by atoms with E-state index in [2.05, 4.69) is 66.8 Å². The normalized spacial score (nSPS) is 17.2. The molecule has 1 heterocycles. The summed E-state index contributed by atoms with van der Waals surface area (Å²) in [6.07, 6.45) is 6.00. The highest BCUT2D eigenvalue weighted by atomic mass is 79.9. The van der Waals surface area contributed by atoms with E-state index in [4.69, 9.17) is 23.2 Å². The van der Waals surface area contributed by atoms with Crippen molar-refractivity contribution in [3.63, 3.8) is 0 Å². The molecule has 0 spiro atoms. The van der Waals surface area contributed by atoms with Crippen LogP contribution in [0.3, 0.4) is 0 Å². The van der Waals surface area contributed by atoms with Crippen LogP contribution in [0.5, 0.6) is 0 Å². The van der Waals surface area contributed by atoms with E-state index in [1.165, 1.54) is 21.0 Å². The summed E-state index contributed by atoms with van der Waals surface area (Å²) < 4.78 is 2.35. The Morgan fingerprint density at radius 2 is 1.86 bits per heavy atom. The Hall–Kier alpha value is -0.370. The second kappa shape index (κ2) is 15.8. The molecule has 8 heteroatoms. The van der Waals surface area contributed by atoms with Crippen LogP contribution < -0.4 is 5.32 Å². The minimum Gasteiger partial charge on any atom is -0.353 e. The lowest BCUT2D eigenvalue weighted by molar-refractivity contribution is -0.119. The van der Waals surface area contributed by atoms with Crippen molar-refractivity contribution in [3.05, 3.63) is 64.7 Å². The zero-order valence-electron chi connectivity index (χ0n) is 21.3. The molecule has 0 bridgehead atoms. The van der Waals surface area contributed by atoms with E-state index in [-0.39, 0.29) is 11.9 Å². The number of carbonyl (C=O) groups is 1. The van der Waals surface area contributed by atoms with Gasteiger partial charge in [-0.3, -0.25) is 9.69 Å². The summed E-state index contributed by atoms with van der Waals surface area (Å²) in [5.74, 6) is 0.549. The average molecular weight is 621 g/mol. The molecule has 1 amide bonds. The third kappa shape index (κ3) is 10.1. The number of piperidine rings is 1. The minimum atomic E-state index is 0.111. The van der Waals surface area contributed by atoms with E-state index in [0.29, 0.717) is 15.8 Å². The number of nitrogens with zero attached hydrogens (tertiary/aromatic N) is 1. The minimum absolute atomic E-state index is 0.111. The Labute approximate surface area is 238 Å². The summed E-state index contributed by atoms with van der Waals surface area (Å²) in [4.78, 5) is 15.2. The van der Waals surface area contributed by atoms with Crippen LogP contribution >= 0.6 is 62.7 Å². The van der Waals surface area contributed by atoms with Crippen molar-refractivity contribution in [2.45, 2.75) is 72.9 Å². The third-order valence-corrected chi connectivity index (χ3v) is 10.5.